The van der Waals surface area contributed by atoms with Gasteiger partial charge in [0.25, 0.3) is 0 Å². The smallest absolute Gasteiger partial charge is 0.228 e. The zero-order valence-electron chi connectivity index (χ0n) is 21.8. The summed E-state index contributed by atoms with van der Waals surface area (Å²) in [6.45, 7) is 4.16. The number of halogens is 4. The van der Waals surface area contributed by atoms with Crippen molar-refractivity contribution in [2.45, 2.75) is 50.2 Å². The Bertz CT molecular complexity index is 1210. The second-order valence-electron chi connectivity index (χ2n) is 10.6. The van der Waals surface area contributed by atoms with E-state index < -0.39 is 17.6 Å². The Morgan fingerprint density at radius 2 is 1.51 bits per heavy atom. The topological polar surface area (TPSA) is 44.4 Å². The van der Waals surface area contributed by atoms with Gasteiger partial charge in [0.2, 0.25) is 5.91 Å². The van der Waals surface area contributed by atoms with Crippen LogP contribution in [0.15, 0.2) is 66.7 Å². The summed E-state index contributed by atoms with van der Waals surface area (Å²) >= 11 is 12.3. The van der Waals surface area contributed by atoms with E-state index in [0.717, 1.165) is 43.0 Å². The zero-order chi connectivity index (χ0) is 27.5. The van der Waals surface area contributed by atoms with E-state index in [-0.39, 0.29) is 30.0 Å². The summed E-state index contributed by atoms with van der Waals surface area (Å²) in [6.07, 6.45) is 2.85. The van der Waals surface area contributed by atoms with Crippen LogP contribution in [0.5, 0.6) is 0 Å². The summed E-state index contributed by atoms with van der Waals surface area (Å²) in [6, 6.07) is 19.0. The van der Waals surface area contributed by atoms with Gasteiger partial charge < -0.3 is 10.6 Å². The minimum absolute atomic E-state index is 0.0343. The molecule has 8 heteroatoms. The molecule has 2 fully saturated rings. The first-order valence-corrected chi connectivity index (χ1v) is 14.3. The molecular formula is C31H33Cl2F2N3O. The highest BCUT2D eigenvalue weighted by atomic mass is 35.5. The van der Waals surface area contributed by atoms with Gasteiger partial charge in [-0.3, -0.25) is 9.69 Å². The molecule has 0 aliphatic carbocycles. The Balaban J connectivity index is 1.41. The van der Waals surface area contributed by atoms with Gasteiger partial charge in [-0.1, -0.05) is 54.4 Å². The molecular weight excluding hydrogens is 539 g/mol. The lowest BCUT2D eigenvalue weighted by atomic mass is 9.78. The zero-order valence-corrected chi connectivity index (χ0v) is 23.4. The summed E-state index contributed by atoms with van der Waals surface area (Å²) in [5, 5.41) is 8.00. The number of nitrogens with one attached hydrogen (secondary N) is 2. The van der Waals surface area contributed by atoms with Crippen LogP contribution in [0, 0.1) is 17.6 Å². The average molecular weight is 573 g/mol. The van der Waals surface area contributed by atoms with Gasteiger partial charge in [0.1, 0.15) is 11.6 Å². The normalized spacial score (nSPS) is 19.6. The maximum Gasteiger partial charge on any atom is 0.228 e. The first-order chi connectivity index (χ1) is 18.8. The number of nitrogens with zero attached hydrogens (tertiary/aromatic N) is 1. The Morgan fingerprint density at radius 1 is 0.949 bits per heavy atom. The van der Waals surface area contributed by atoms with Gasteiger partial charge in [-0.2, -0.15) is 0 Å². The van der Waals surface area contributed by atoms with E-state index >= 15 is 0 Å². The van der Waals surface area contributed by atoms with Gasteiger partial charge in [-0.15, -0.1) is 0 Å². The maximum absolute atomic E-state index is 14.3. The predicted octanol–water partition coefficient (Wildman–Crippen LogP) is 6.72. The number of hydrogen-bond donors (Lipinski definition) is 2. The molecule has 3 atom stereocenters. The third-order valence-electron chi connectivity index (χ3n) is 8.02. The molecule has 0 spiro atoms. The molecule has 3 aromatic rings. The summed E-state index contributed by atoms with van der Waals surface area (Å²) in [5.41, 5.74) is 2.51. The van der Waals surface area contributed by atoms with Crippen LogP contribution in [-0.2, 0) is 4.79 Å². The van der Waals surface area contributed by atoms with Gasteiger partial charge in [-0.05, 0) is 78.9 Å². The van der Waals surface area contributed by atoms with Crippen LogP contribution in [0.3, 0.4) is 0 Å². The molecule has 0 radical (unpaired) electrons. The van der Waals surface area contributed by atoms with Crippen molar-refractivity contribution in [3.05, 3.63) is 105 Å². The fourth-order valence-electron chi connectivity index (χ4n) is 6.08. The summed E-state index contributed by atoms with van der Waals surface area (Å²) in [5.74, 6) is -2.31. The van der Waals surface area contributed by atoms with Crippen LogP contribution in [-0.4, -0.2) is 42.5 Å². The van der Waals surface area contributed by atoms with E-state index in [2.05, 4.69) is 22.5 Å². The van der Waals surface area contributed by atoms with E-state index in [1.165, 1.54) is 12.1 Å². The second-order valence-corrected chi connectivity index (χ2v) is 11.5. The minimum atomic E-state index is -0.677. The first-order valence-electron chi connectivity index (χ1n) is 13.6. The third kappa shape index (κ3) is 6.46. The lowest BCUT2D eigenvalue weighted by Crippen LogP contribution is -2.55. The molecule has 0 bridgehead atoms. The van der Waals surface area contributed by atoms with E-state index in [4.69, 9.17) is 23.2 Å². The van der Waals surface area contributed by atoms with Crippen molar-refractivity contribution >= 4 is 29.1 Å². The standard InChI is InChI=1S/C31H33Cl2F2N3O/c1-2-27(28-4-3-13-36-28)37-31(39)29(21-14-25(34)16-26(35)15-21)22-17-38(18-22)30(19-5-9-23(32)10-6-19)20-7-11-24(33)12-8-20/h5-12,14-16,22,27-30,36H,2-4,13,17-18H2,1H3,(H,37,39)/t27?,28?,29-/m1/s1. The van der Waals surface area contributed by atoms with Crippen LogP contribution in [0.2, 0.25) is 10.0 Å². The van der Waals surface area contributed by atoms with E-state index in [1.54, 1.807) is 0 Å². The minimum Gasteiger partial charge on any atom is -0.351 e. The SMILES string of the molecule is CCC(NC(=O)[C@H](c1cc(F)cc(F)c1)C1CN(C(c2ccc(Cl)cc2)c2ccc(Cl)cc2)C1)C1CCCN1. The Morgan fingerprint density at radius 3 is 2.00 bits per heavy atom. The molecule has 0 saturated carbocycles. The molecule has 3 aromatic carbocycles. The maximum atomic E-state index is 14.3. The molecule has 2 unspecified atom stereocenters. The quantitative estimate of drug-likeness (QED) is 0.299. The Hall–Kier alpha value is -2.51. The Labute approximate surface area is 238 Å². The third-order valence-corrected chi connectivity index (χ3v) is 8.53. The van der Waals surface area contributed by atoms with Crippen molar-refractivity contribution in [1.82, 2.24) is 15.5 Å². The van der Waals surface area contributed by atoms with Gasteiger partial charge >= 0.3 is 0 Å². The fraction of sp³-hybridized carbons (Fsp3) is 0.387. The van der Waals surface area contributed by atoms with Crippen LogP contribution in [0.25, 0.3) is 0 Å². The van der Waals surface area contributed by atoms with E-state index in [0.29, 0.717) is 28.7 Å². The molecule has 2 heterocycles. The molecule has 4 nitrogen and oxygen atoms in total. The number of carbonyl (C=O) groups excluding carboxylic acids is 1. The summed E-state index contributed by atoms with van der Waals surface area (Å²) in [7, 11) is 0. The molecule has 2 aliphatic rings. The van der Waals surface area contributed by atoms with E-state index in [9.17, 15) is 13.6 Å². The molecule has 2 aliphatic heterocycles. The van der Waals surface area contributed by atoms with Crippen LogP contribution in [0.1, 0.15) is 54.8 Å². The lowest BCUT2D eigenvalue weighted by molar-refractivity contribution is -0.126. The van der Waals surface area contributed by atoms with Crippen molar-refractivity contribution in [3.8, 4) is 0 Å². The Kier molecular flexibility index (Phi) is 8.87. The first kappa shape index (κ1) is 28.0. The molecule has 2 N–H and O–H groups in total. The van der Waals surface area contributed by atoms with Crippen LogP contribution >= 0.6 is 23.2 Å². The molecule has 0 aromatic heterocycles. The largest absolute Gasteiger partial charge is 0.351 e. The fourth-order valence-corrected chi connectivity index (χ4v) is 6.33. The number of benzene rings is 3. The second kappa shape index (κ2) is 12.3. The molecule has 2 saturated heterocycles. The monoisotopic (exact) mass is 571 g/mol. The van der Waals surface area contributed by atoms with Crippen LogP contribution in [0.4, 0.5) is 8.78 Å². The van der Waals surface area contributed by atoms with Crippen LogP contribution < -0.4 is 10.6 Å². The number of amides is 1. The number of likely N-dealkylation sites (tertiary alicyclic amines) is 1. The summed E-state index contributed by atoms with van der Waals surface area (Å²) < 4.78 is 28.6. The lowest BCUT2D eigenvalue weighted by Gasteiger charge is -2.47. The number of rotatable bonds is 9. The van der Waals surface area contributed by atoms with Crippen molar-refractivity contribution in [2.24, 2.45) is 5.92 Å². The summed E-state index contributed by atoms with van der Waals surface area (Å²) in [4.78, 5) is 16.1. The van der Waals surface area contributed by atoms with Crippen molar-refractivity contribution < 1.29 is 13.6 Å². The van der Waals surface area contributed by atoms with Crippen molar-refractivity contribution in [3.63, 3.8) is 0 Å². The molecule has 39 heavy (non-hydrogen) atoms. The highest BCUT2D eigenvalue weighted by Gasteiger charge is 2.43. The molecule has 5 rings (SSSR count). The molecule has 206 valence electrons. The number of carbonyl (C=O) groups is 1. The van der Waals surface area contributed by atoms with E-state index in [1.807, 2.05) is 48.5 Å². The van der Waals surface area contributed by atoms with Crippen molar-refractivity contribution in [1.29, 1.82) is 0 Å². The van der Waals surface area contributed by atoms with Gasteiger partial charge in [0.05, 0.1) is 12.0 Å². The van der Waals surface area contributed by atoms with Crippen molar-refractivity contribution in [2.75, 3.05) is 19.6 Å². The van der Waals surface area contributed by atoms with Gasteiger partial charge in [0, 0.05) is 47.2 Å². The average Bonchev–Trinajstić information content (AvgIpc) is 3.42. The highest BCUT2D eigenvalue weighted by molar-refractivity contribution is 6.30. The van der Waals surface area contributed by atoms with Gasteiger partial charge in [-0.25, -0.2) is 8.78 Å². The number of hydrogen-bond acceptors (Lipinski definition) is 3. The highest BCUT2D eigenvalue weighted by Crippen LogP contribution is 2.41. The molecule has 1 amide bonds. The predicted molar refractivity (Wildman–Crippen MR) is 152 cm³/mol. The van der Waals surface area contributed by atoms with Gasteiger partial charge in [0.15, 0.2) is 0 Å².